The lowest BCUT2D eigenvalue weighted by molar-refractivity contribution is -0.173. The highest BCUT2D eigenvalue weighted by Crippen LogP contribution is 2.24. The minimum atomic E-state index is -2.56. The van der Waals surface area contributed by atoms with E-state index in [0.29, 0.717) is 19.6 Å². The Bertz CT molecular complexity index is 211. The van der Waals surface area contributed by atoms with Crippen LogP contribution >= 0.6 is 8.03 Å². The molecule has 3 saturated heterocycles. The summed E-state index contributed by atoms with van der Waals surface area (Å²) in [5, 5.41) is 9.02. The average molecular weight is 218 g/mol. The average Bonchev–Trinajstić information content (AvgIpc) is 1.99. The molecule has 3 fully saturated rings. The Kier molecular flexibility index (Phi) is 3.11. The molecule has 3 aliphatic rings. The summed E-state index contributed by atoms with van der Waals surface area (Å²) < 4.78 is 11.2. The van der Waals surface area contributed by atoms with Gasteiger partial charge in [-0.2, -0.15) is 0 Å². The Labute approximate surface area is 83.9 Å². The smallest absolute Gasteiger partial charge is 0.366 e. The van der Waals surface area contributed by atoms with Crippen molar-refractivity contribution < 1.29 is 9.46 Å². The number of hydrogen-bond acceptors (Lipinski definition) is 6. The number of hydrogen-bond donors (Lipinski definition) is 3. The predicted octanol–water partition coefficient (Wildman–Crippen LogP) is -2.20. The second kappa shape index (κ2) is 4.18. The van der Waals surface area contributed by atoms with E-state index >= 15 is 0 Å². The number of nitrogens with zero attached hydrogens (tertiary/aromatic N) is 1. The van der Waals surface area contributed by atoms with Crippen LogP contribution in [0.4, 0.5) is 0 Å². The highest BCUT2D eigenvalue weighted by molar-refractivity contribution is 7.38. The van der Waals surface area contributed by atoms with E-state index in [-0.39, 0.29) is 0 Å². The summed E-state index contributed by atoms with van der Waals surface area (Å²) in [5.74, 6) is 0. The van der Waals surface area contributed by atoms with Gasteiger partial charge in [-0.05, 0) is 0 Å². The van der Waals surface area contributed by atoms with Crippen molar-refractivity contribution in [3.8, 4) is 0 Å². The maximum absolute atomic E-state index is 11.2. The normalized spacial score (nSPS) is 39.8. The maximum Gasteiger partial charge on any atom is 0.366 e. The first kappa shape index (κ1) is 10.4. The molecule has 0 aromatic heterocycles. The minimum absolute atomic E-state index is 0.684. The largest absolute Gasteiger partial charge is 0.592 e. The van der Waals surface area contributed by atoms with Crippen LogP contribution in [-0.4, -0.2) is 49.7 Å². The molecule has 7 heteroatoms. The van der Waals surface area contributed by atoms with E-state index in [0.717, 1.165) is 19.6 Å². The van der Waals surface area contributed by atoms with Crippen LogP contribution in [0.25, 0.3) is 0 Å². The fraction of sp³-hybridized carbons (Fsp3) is 1.00. The van der Waals surface area contributed by atoms with E-state index in [1.54, 1.807) is 0 Å². The standard InChI is InChI=1S/C7H15N4O2P/c12-14(13)7-8-1-4-11(5-2-9-7)6-3-10-7/h8-10H,1-6H2. The summed E-state index contributed by atoms with van der Waals surface area (Å²) in [6.07, 6.45) is 0. The van der Waals surface area contributed by atoms with Gasteiger partial charge >= 0.3 is 13.6 Å². The van der Waals surface area contributed by atoms with Crippen LogP contribution < -0.4 is 20.8 Å². The summed E-state index contributed by atoms with van der Waals surface area (Å²) in [6, 6.07) is 0. The number of nitrogens with one attached hydrogen (secondary N) is 3. The molecule has 0 aromatic rings. The minimum Gasteiger partial charge on any atom is -0.592 e. The van der Waals surface area contributed by atoms with Crippen LogP contribution in [0.5, 0.6) is 0 Å². The van der Waals surface area contributed by atoms with Crippen LogP contribution in [0.2, 0.25) is 0 Å². The Morgan fingerprint density at radius 2 is 1.50 bits per heavy atom. The zero-order valence-electron chi connectivity index (χ0n) is 7.95. The van der Waals surface area contributed by atoms with Gasteiger partial charge in [-0.3, -0.25) is 4.90 Å². The van der Waals surface area contributed by atoms with Gasteiger partial charge in [0.15, 0.2) is 0 Å². The Morgan fingerprint density at radius 3 is 1.86 bits per heavy atom. The maximum atomic E-state index is 11.2. The Morgan fingerprint density at radius 1 is 1.07 bits per heavy atom. The van der Waals surface area contributed by atoms with Crippen molar-refractivity contribution in [3.05, 3.63) is 0 Å². The molecule has 3 heterocycles. The van der Waals surface area contributed by atoms with Crippen LogP contribution in [0.3, 0.4) is 0 Å². The molecule has 1 unspecified atom stereocenters. The van der Waals surface area contributed by atoms with E-state index in [1.165, 1.54) is 0 Å². The van der Waals surface area contributed by atoms with Gasteiger partial charge in [0, 0.05) is 39.3 Å². The van der Waals surface area contributed by atoms with Crippen molar-refractivity contribution in [1.82, 2.24) is 20.9 Å². The first-order valence-corrected chi connectivity index (χ1v) is 6.03. The summed E-state index contributed by atoms with van der Waals surface area (Å²) in [4.78, 5) is 13.5. The van der Waals surface area contributed by atoms with Gasteiger partial charge in [0.25, 0.3) is 0 Å². The first-order valence-electron chi connectivity index (χ1n) is 4.85. The molecule has 0 aromatic carbocycles. The predicted molar refractivity (Wildman–Crippen MR) is 50.8 cm³/mol. The van der Waals surface area contributed by atoms with Crippen LogP contribution in [0, 0.1) is 0 Å². The van der Waals surface area contributed by atoms with E-state index in [4.69, 9.17) is 0 Å². The quantitative estimate of drug-likeness (QED) is 0.433. The summed E-state index contributed by atoms with van der Waals surface area (Å²) in [5.41, 5.74) is -1.08. The molecule has 3 aliphatic heterocycles. The molecular weight excluding hydrogens is 203 g/mol. The molecule has 6 nitrogen and oxygen atoms in total. The molecule has 0 saturated carbocycles. The summed E-state index contributed by atoms with van der Waals surface area (Å²) >= 11 is 0. The molecule has 2 bridgehead atoms. The third-order valence-corrected chi connectivity index (χ3v) is 3.72. The van der Waals surface area contributed by atoms with Crippen molar-refractivity contribution in [2.24, 2.45) is 0 Å². The Hall–Kier alpha value is -0.100. The first-order chi connectivity index (χ1) is 6.73. The van der Waals surface area contributed by atoms with Gasteiger partial charge in [-0.15, -0.1) is 0 Å². The third kappa shape index (κ3) is 1.95. The van der Waals surface area contributed by atoms with Crippen LogP contribution in [0.1, 0.15) is 0 Å². The monoisotopic (exact) mass is 218 g/mol. The van der Waals surface area contributed by atoms with Crippen molar-refractivity contribution in [2.75, 3.05) is 39.3 Å². The van der Waals surface area contributed by atoms with Crippen molar-refractivity contribution in [2.45, 2.75) is 5.53 Å². The summed E-state index contributed by atoms with van der Waals surface area (Å²) in [6.45, 7) is 4.78. The van der Waals surface area contributed by atoms with Gasteiger partial charge in [0.2, 0.25) is 0 Å². The fourth-order valence-electron chi connectivity index (χ4n) is 1.90. The van der Waals surface area contributed by atoms with Crippen molar-refractivity contribution >= 4 is 8.03 Å². The van der Waals surface area contributed by atoms with Gasteiger partial charge < -0.3 is 4.89 Å². The fourth-order valence-corrected chi connectivity index (χ4v) is 2.62. The molecule has 3 N–H and O–H groups in total. The lowest BCUT2D eigenvalue weighted by Gasteiger charge is -2.37. The topological polar surface area (TPSA) is 79.5 Å². The third-order valence-electron chi connectivity index (χ3n) is 2.70. The molecular formula is C7H15N4O2P. The van der Waals surface area contributed by atoms with E-state index in [1.807, 2.05) is 0 Å². The summed E-state index contributed by atoms with van der Waals surface area (Å²) in [7, 11) is -2.56. The SMILES string of the molecule is O=[P+]([O-])C12NCCN(CCN1)CCN2. The Balaban J connectivity index is 2.16. The molecule has 80 valence electrons. The number of fused-ring (bicyclic) bond motifs is 6. The second-order valence-corrected chi connectivity index (χ2v) is 4.77. The van der Waals surface area contributed by atoms with E-state index in [9.17, 15) is 9.46 Å². The molecule has 3 rings (SSSR count). The lowest BCUT2D eigenvalue weighted by Crippen LogP contribution is -2.70. The van der Waals surface area contributed by atoms with Crippen LogP contribution in [-0.2, 0) is 4.57 Å². The molecule has 14 heavy (non-hydrogen) atoms. The van der Waals surface area contributed by atoms with Gasteiger partial charge in [0.05, 0.1) is 0 Å². The molecule has 0 aliphatic carbocycles. The van der Waals surface area contributed by atoms with E-state index in [2.05, 4.69) is 20.9 Å². The van der Waals surface area contributed by atoms with Crippen molar-refractivity contribution in [1.29, 1.82) is 0 Å². The van der Waals surface area contributed by atoms with Crippen molar-refractivity contribution in [3.63, 3.8) is 0 Å². The van der Waals surface area contributed by atoms with Gasteiger partial charge in [-0.25, -0.2) is 16.0 Å². The highest BCUT2D eigenvalue weighted by Gasteiger charge is 2.44. The molecule has 0 radical (unpaired) electrons. The highest BCUT2D eigenvalue weighted by atomic mass is 31.1. The van der Waals surface area contributed by atoms with E-state index < -0.39 is 13.6 Å². The molecule has 1 atom stereocenters. The molecule has 0 amide bonds. The number of rotatable bonds is 1. The molecule has 0 spiro atoms. The second-order valence-electron chi connectivity index (χ2n) is 3.59. The zero-order valence-corrected chi connectivity index (χ0v) is 8.85. The zero-order chi connectivity index (χ0) is 10.0. The van der Waals surface area contributed by atoms with Gasteiger partial charge in [0.1, 0.15) is 0 Å². The lowest BCUT2D eigenvalue weighted by atomic mass is 10.3. The van der Waals surface area contributed by atoms with Crippen LogP contribution in [0.15, 0.2) is 0 Å². The van der Waals surface area contributed by atoms with Gasteiger partial charge in [-0.1, -0.05) is 4.57 Å².